The molecule has 0 spiro atoms. The van der Waals surface area contributed by atoms with E-state index >= 15 is 0 Å². The first kappa shape index (κ1) is 8.62. The van der Waals surface area contributed by atoms with Crippen LogP contribution in [0.2, 0.25) is 0 Å². The van der Waals surface area contributed by atoms with Gasteiger partial charge in [-0.3, -0.25) is 14.3 Å². The smallest absolute Gasteiger partial charge is 0.288 e. The molecule has 2 heterocycles. The first-order chi connectivity index (χ1) is 6.27. The molecule has 1 unspecified atom stereocenters. The third-order valence-electron chi connectivity index (χ3n) is 2.07. The van der Waals surface area contributed by atoms with Crippen molar-refractivity contribution in [1.29, 1.82) is 0 Å². The fraction of sp³-hybridized carbons (Fsp3) is 0.500. The van der Waals surface area contributed by atoms with Crippen molar-refractivity contribution in [1.82, 2.24) is 9.55 Å². The van der Waals surface area contributed by atoms with Crippen LogP contribution >= 0.6 is 11.8 Å². The molecule has 1 fully saturated rings. The van der Waals surface area contributed by atoms with Crippen LogP contribution in [0, 0.1) is 0 Å². The summed E-state index contributed by atoms with van der Waals surface area (Å²) in [5.41, 5.74) is -0.629. The van der Waals surface area contributed by atoms with Gasteiger partial charge in [-0.1, -0.05) is 0 Å². The Balaban J connectivity index is 2.40. The summed E-state index contributed by atoms with van der Waals surface area (Å²) in [6.45, 7) is 0. The Kier molecular flexibility index (Phi) is 2.26. The number of aromatic amines is 1. The van der Waals surface area contributed by atoms with Gasteiger partial charge in [0, 0.05) is 12.3 Å². The molecule has 1 aliphatic heterocycles. The minimum Gasteiger partial charge on any atom is -0.288 e. The highest BCUT2D eigenvalue weighted by atomic mass is 32.2. The molecule has 1 aliphatic rings. The Hall–Kier alpha value is -0.970. The van der Waals surface area contributed by atoms with Gasteiger partial charge in [-0.15, -0.1) is 11.8 Å². The van der Waals surface area contributed by atoms with Crippen molar-refractivity contribution < 1.29 is 0 Å². The zero-order valence-electron chi connectivity index (χ0n) is 7.03. The van der Waals surface area contributed by atoms with Crippen molar-refractivity contribution in [3.63, 3.8) is 0 Å². The van der Waals surface area contributed by atoms with E-state index in [0.717, 1.165) is 18.6 Å². The average Bonchev–Trinajstić information content (AvgIpc) is 2.56. The molecular formula is C8H10N2O2S. The number of H-pyrrole nitrogens is 1. The molecule has 13 heavy (non-hydrogen) atoms. The molecule has 0 bridgehead atoms. The molecule has 5 heteroatoms. The van der Waals surface area contributed by atoms with Gasteiger partial charge in [0.25, 0.3) is 5.56 Å². The SMILES string of the molecule is O=c1ccn(C2CCCS2)c(=O)[nH]1. The Morgan fingerprint density at radius 3 is 3.00 bits per heavy atom. The van der Waals surface area contributed by atoms with Gasteiger partial charge in [0.1, 0.15) is 0 Å². The first-order valence-electron chi connectivity index (χ1n) is 4.20. The van der Waals surface area contributed by atoms with E-state index in [-0.39, 0.29) is 16.6 Å². The molecule has 0 amide bonds. The Labute approximate surface area is 79.0 Å². The second-order valence-corrected chi connectivity index (χ2v) is 4.27. The van der Waals surface area contributed by atoms with Crippen LogP contribution in [0.4, 0.5) is 0 Å². The molecule has 1 aromatic rings. The number of hydrogen-bond donors (Lipinski definition) is 1. The van der Waals surface area contributed by atoms with Crippen molar-refractivity contribution in [2.45, 2.75) is 18.2 Å². The average molecular weight is 198 g/mol. The number of nitrogens with one attached hydrogen (secondary N) is 1. The lowest BCUT2D eigenvalue weighted by atomic mass is 10.3. The normalized spacial score (nSPS) is 22.0. The molecule has 1 atom stereocenters. The lowest BCUT2D eigenvalue weighted by Crippen LogP contribution is -2.29. The van der Waals surface area contributed by atoms with Crippen molar-refractivity contribution in [2.24, 2.45) is 0 Å². The highest BCUT2D eigenvalue weighted by Gasteiger charge is 2.17. The molecular weight excluding hydrogens is 188 g/mol. The zero-order chi connectivity index (χ0) is 9.26. The highest BCUT2D eigenvalue weighted by Crippen LogP contribution is 2.33. The van der Waals surface area contributed by atoms with E-state index < -0.39 is 0 Å². The number of hydrogen-bond acceptors (Lipinski definition) is 3. The molecule has 0 saturated carbocycles. The molecule has 0 aromatic carbocycles. The maximum atomic E-state index is 11.3. The van der Waals surface area contributed by atoms with Crippen LogP contribution in [0.5, 0.6) is 0 Å². The van der Waals surface area contributed by atoms with E-state index in [2.05, 4.69) is 4.98 Å². The number of thioether (sulfide) groups is 1. The van der Waals surface area contributed by atoms with E-state index in [1.54, 1.807) is 22.5 Å². The molecule has 0 radical (unpaired) electrons. The number of rotatable bonds is 1. The summed E-state index contributed by atoms with van der Waals surface area (Å²) >= 11 is 1.76. The van der Waals surface area contributed by atoms with E-state index in [1.807, 2.05) is 0 Å². The van der Waals surface area contributed by atoms with E-state index in [0.29, 0.717) is 0 Å². The van der Waals surface area contributed by atoms with Crippen LogP contribution < -0.4 is 11.2 Å². The molecule has 0 aliphatic carbocycles. The van der Waals surface area contributed by atoms with E-state index in [9.17, 15) is 9.59 Å². The standard InChI is InChI=1S/C8H10N2O2S/c11-6-3-4-10(8(12)9-6)7-2-1-5-13-7/h3-4,7H,1-2,5H2,(H,9,11,12). The van der Waals surface area contributed by atoms with Gasteiger partial charge in [-0.05, 0) is 18.6 Å². The zero-order valence-corrected chi connectivity index (χ0v) is 7.84. The van der Waals surface area contributed by atoms with E-state index in [1.165, 1.54) is 6.07 Å². The lowest BCUT2D eigenvalue weighted by Gasteiger charge is -2.10. The summed E-state index contributed by atoms with van der Waals surface area (Å²) in [6, 6.07) is 1.39. The molecule has 70 valence electrons. The van der Waals surface area contributed by atoms with Crippen LogP contribution in [0.15, 0.2) is 21.9 Å². The van der Waals surface area contributed by atoms with Crippen LogP contribution in [0.25, 0.3) is 0 Å². The molecule has 1 aromatic heterocycles. The molecule has 2 rings (SSSR count). The molecule has 4 nitrogen and oxygen atoms in total. The predicted molar refractivity (Wildman–Crippen MR) is 52.1 cm³/mol. The fourth-order valence-electron chi connectivity index (χ4n) is 1.43. The van der Waals surface area contributed by atoms with Gasteiger partial charge in [0.05, 0.1) is 5.37 Å². The second kappa shape index (κ2) is 3.41. The van der Waals surface area contributed by atoms with E-state index in [4.69, 9.17) is 0 Å². The largest absolute Gasteiger partial charge is 0.329 e. The summed E-state index contributed by atoms with van der Waals surface area (Å²) < 4.78 is 1.60. The lowest BCUT2D eigenvalue weighted by molar-refractivity contribution is 0.605. The quantitative estimate of drug-likeness (QED) is 0.717. The monoisotopic (exact) mass is 198 g/mol. The third kappa shape index (κ3) is 1.70. The minimum atomic E-state index is -0.329. The Morgan fingerprint density at radius 2 is 2.38 bits per heavy atom. The van der Waals surface area contributed by atoms with Crippen molar-refractivity contribution in [3.05, 3.63) is 33.1 Å². The van der Waals surface area contributed by atoms with Crippen molar-refractivity contribution >= 4 is 11.8 Å². The van der Waals surface area contributed by atoms with Gasteiger partial charge in [-0.25, -0.2) is 4.79 Å². The fourth-order valence-corrected chi connectivity index (χ4v) is 2.70. The molecule has 1 N–H and O–H groups in total. The van der Waals surface area contributed by atoms with Gasteiger partial charge < -0.3 is 0 Å². The summed E-state index contributed by atoms with van der Waals surface area (Å²) in [5, 5.41) is 0.212. The maximum Gasteiger partial charge on any atom is 0.329 e. The van der Waals surface area contributed by atoms with Crippen LogP contribution in [-0.2, 0) is 0 Å². The maximum absolute atomic E-state index is 11.3. The minimum absolute atomic E-state index is 0.212. The summed E-state index contributed by atoms with van der Waals surface area (Å²) in [6.07, 6.45) is 3.72. The van der Waals surface area contributed by atoms with Crippen molar-refractivity contribution in [3.8, 4) is 0 Å². The Morgan fingerprint density at radius 1 is 1.54 bits per heavy atom. The van der Waals surface area contributed by atoms with Gasteiger partial charge >= 0.3 is 5.69 Å². The third-order valence-corrected chi connectivity index (χ3v) is 3.44. The predicted octanol–water partition coefficient (Wildman–Crippen LogP) is 0.562. The topological polar surface area (TPSA) is 54.9 Å². The van der Waals surface area contributed by atoms with Crippen LogP contribution in [0.3, 0.4) is 0 Å². The first-order valence-corrected chi connectivity index (χ1v) is 5.25. The summed E-state index contributed by atoms with van der Waals surface area (Å²) in [7, 11) is 0. The summed E-state index contributed by atoms with van der Waals surface area (Å²) in [4.78, 5) is 24.4. The van der Waals surface area contributed by atoms with Gasteiger partial charge in [0.15, 0.2) is 0 Å². The van der Waals surface area contributed by atoms with Gasteiger partial charge in [-0.2, -0.15) is 0 Å². The highest BCUT2D eigenvalue weighted by molar-refractivity contribution is 7.99. The second-order valence-electron chi connectivity index (χ2n) is 2.99. The van der Waals surface area contributed by atoms with Crippen LogP contribution in [0.1, 0.15) is 18.2 Å². The number of nitrogens with zero attached hydrogens (tertiary/aromatic N) is 1. The number of aromatic nitrogens is 2. The van der Waals surface area contributed by atoms with Crippen LogP contribution in [-0.4, -0.2) is 15.3 Å². The van der Waals surface area contributed by atoms with Gasteiger partial charge in [0.2, 0.25) is 0 Å². The van der Waals surface area contributed by atoms with Crippen molar-refractivity contribution in [2.75, 3.05) is 5.75 Å². The molecule has 1 saturated heterocycles. The Bertz CT molecular complexity index is 403. The summed E-state index contributed by atoms with van der Waals surface area (Å²) in [5.74, 6) is 1.09.